The van der Waals surface area contributed by atoms with E-state index in [-0.39, 0.29) is 6.10 Å². The van der Waals surface area contributed by atoms with E-state index < -0.39 is 0 Å². The van der Waals surface area contributed by atoms with Gasteiger partial charge in [0.05, 0.1) is 6.10 Å². The lowest BCUT2D eigenvalue weighted by Gasteiger charge is -2.27. The van der Waals surface area contributed by atoms with Crippen LogP contribution in [0.25, 0.3) is 0 Å². The molecule has 1 fully saturated rings. The van der Waals surface area contributed by atoms with Crippen molar-refractivity contribution in [3.8, 4) is 5.75 Å². The van der Waals surface area contributed by atoms with Crippen LogP contribution in [0.1, 0.15) is 23.6 Å². The zero-order chi connectivity index (χ0) is 16.8. The number of hydrogen-bond acceptors (Lipinski definition) is 3. The second kappa shape index (κ2) is 8.32. The lowest BCUT2D eigenvalue weighted by atomic mass is 10.1. The molecule has 3 nitrogen and oxygen atoms in total. The molecule has 128 valence electrons. The van der Waals surface area contributed by atoms with Crippen LogP contribution in [0.4, 0.5) is 0 Å². The molecular formula is C21H28N2O. The number of nitrogens with zero attached hydrogens (tertiary/aromatic N) is 1. The summed E-state index contributed by atoms with van der Waals surface area (Å²) in [6.45, 7) is 9.77. The molecule has 0 radical (unpaired) electrons. The zero-order valence-electron chi connectivity index (χ0n) is 14.8. The van der Waals surface area contributed by atoms with Gasteiger partial charge in [-0.1, -0.05) is 42.0 Å². The fourth-order valence-corrected chi connectivity index (χ4v) is 3.13. The minimum atomic E-state index is 0.173. The number of rotatable bonds is 6. The fraction of sp³-hybridized carbons (Fsp3) is 0.429. The molecule has 24 heavy (non-hydrogen) atoms. The molecule has 0 aliphatic carbocycles. The van der Waals surface area contributed by atoms with E-state index in [4.69, 9.17) is 4.74 Å². The van der Waals surface area contributed by atoms with E-state index in [1.54, 1.807) is 0 Å². The van der Waals surface area contributed by atoms with Gasteiger partial charge in [0.2, 0.25) is 0 Å². The molecule has 1 unspecified atom stereocenters. The summed E-state index contributed by atoms with van der Waals surface area (Å²) >= 11 is 0. The van der Waals surface area contributed by atoms with Crippen LogP contribution in [0.2, 0.25) is 0 Å². The summed E-state index contributed by atoms with van der Waals surface area (Å²) in [5.41, 5.74) is 3.99. The number of benzene rings is 2. The van der Waals surface area contributed by atoms with Crippen LogP contribution < -0.4 is 10.1 Å². The lowest BCUT2D eigenvalue weighted by Crippen LogP contribution is -2.42. The Morgan fingerprint density at radius 1 is 0.958 bits per heavy atom. The lowest BCUT2D eigenvalue weighted by molar-refractivity contribution is 0.222. The normalized spacial score (nSPS) is 16.8. The van der Waals surface area contributed by atoms with Crippen LogP contribution >= 0.6 is 0 Å². The molecule has 1 aliphatic heterocycles. The van der Waals surface area contributed by atoms with Gasteiger partial charge in [-0.25, -0.2) is 0 Å². The second-order valence-corrected chi connectivity index (χ2v) is 6.79. The first kappa shape index (κ1) is 17.0. The van der Waals surface area contributed by atoms with Gasteiger partial charge in [-0.05, 0) is 37.1 Å². The Labute approximate surface area is 145 Å². The minimum absolute atomic E-state index is 0.173. The van der Waals surface area contributed by atoms with Crippen LogP contribution in [-0.4, -0.2) is 37.2 Å². The first-order chi connectivity index (χ1) is 11.7. The molecule has 1 saturated heterocycles. The van der Waals surface area contributed by atoms with Gasteiger partial charge in [0, 0.05) is 39.1 Å². The van der Waals surface area contributed by atoms with Crippen molar-refractivity contribution in [1.29, 1.82) is 0 Å². The number of piperazine rings is 1. The predicted octanol–water partition coefficient (Wildman–Crippen LogP) is 3.41. The maximum absolute atomic E-state index is 6.01. The second-order valence-electron chi connectivity index (χ2n) is 6.79. The first-order valence-electron chi connectivity index (χ1n) is 8.93. The molecule has 1 atom stereocenters. The summed E-state index contributed by atoms with van der Waals surface area (Å²) < 4.78 is 6.01. The van der Waals surface area contributed by atoms with Crippen molar-refractivity contribution in [2.75, 3.05) is 26.2 Å². The number of nitrogens with one attached hydrogen (secondary N) is 1. The van der Waals surface area contributed by atoms with Gasteiger partial charge >= 0.3 is 0 Å². The van der Waals surface area contributed by atoms with Crippen molar-refractivity contribution < 1.29 is 4.74 Å². The number of aryl methyl sites for hydroxylation is 1. The Bertz CT molecular complexity index is 615. The van der Waals surface area contributed by atoms with Gasteiger partial charge in [-0.2, -0.15) is 0 Å². The Morgan fingerprint density at radius 2 is 1.58 bits per heavy atom. The van der Waals surface area contributed by atoms with Crippen molar-refractivity contribution in [1.82, 2.24) is 10.2 Å². The maximum Gasteiger partial charge on any atom is 0.119 e. The highest BCUT2D eigenvalue weighted by molar-refractivity contribution is 5.27. The van der Waals surface area contributed by atoms with Crippen molar-refractivity contribution in [3.05, 3.63) is 65.2 Å². The van der Waals surface area contributed by atoms with Crippen LogP contribution in [0.5, 0.6) is 5.75 Å². The van der Waals surface area contributed by atoms with Crippen molar-refractivity contribution in [2.45, 2.75) is 32.9 Å². The average molecular weight is 324 g/mol. The van der Waals surface area contributed by atoms with E-state index >= 15 is 0 Å². The van der Waals surface area contributed by atoms with Crippen LogP contribution in [0.3, 0.4) is 0 Å². The van der Waals surface area contributed by atoms with E-state index in [0.29, 0.717) is 0 Å². The average Bonchev–Trinajstić information content (AvgIpc) is 2.60. The molecule has 1 heterocycles. The number of ether oxygens (including phenoxy) is 1. The Kier molecular flexibility index (Phi) is 5.89. The van der Waals surface area contributed by atoms with E-state index in [2.05, 4.69) is 60.5 Å². The molecule has 1 aliphatic rings. The third-order valence-electron chi connectivity index (χ3n) is 4.52. The fourth-order valence-electron chi connectivity index (χ4n) is 3.13. The molecule has 0 aromatic heterocycles. The highest BCUT2D eigenvalue weighted by atomic mass is 16.5. The summed E-state index contributed by atoms with van der Waals surface area (Å²) in [5, 5.41) is 3.40. The minimum Gasteiger partial charge on any atom is -0.490 e. The van der Waals surface area contributed by atoms with Crippen molar-refractivity contribution >= 4 is 0 Å². The summed E-state index contributed by atoms with van der Waals surface area (Å²) in [6, 6.07) is 17.3. The first-order valence-corrected chi connectivity index (χ1v) is 8.93. The summed E-state index contributed by atoms with van der Waals surface area (Å²) in [5.74, 6) is 0.948. The molecule has 0 saturated carbocycles. The maximum atomic E-state index is 6.01. The molecule has 0 bridgehead atoms. The molecule has 3 heteroatoms. The summed E-state index contributed by atoms with van der Waals surface area (Å²) in [6.07, 6.45) is 1.11. The van der Waals surface area contributed by atoms with Gasteiger partial charge in [-0.3, -0.25) is 4.90 Å². The Balaban J connectivity index is 1.50. The SMILES string of the molecule is Cc1ccc(OC(C)Cc2ccc(CN3CCNCC3)cc2)cc1. The predicted molar refractivity (Wildman–Crippen MR) is 99.6 cm³/mol. The molecule has 0 spiro atoms. The molecule has 2 aromatic rings. The topological polar surface area (TPSA) is 24.5 Å². The quantitative estimate of drug-likeness (QED) is 0.881. The van der Waals surface area contributed by atoms with Gasteiger partial charge < -0.3 is 10.1 Å². The number of hydrogen-bond donors (Lipinski definition) is 1. The Hall–Kier alpha value is -1.84. The van der Waals surface area contributed by atoms with Gasteiger partial charge in [0.25, 0.3) is 0 Å². The molecule has 0 amide bonds. The zero-order valence-corrected chi connectivity index (χ0v) is 14.8. The summed E-state index contributed by atoms with van der Waals surface area (Å²) in [4.78, 5) is 2.51. The van der Waals surface area contributed by atoms with Crippen LogP contribution in [0.15, 0.2) is 48.5 Å². The third-order valence-corrected chi connectivity index (χ3v) is 4.52. The van der Waals surface area contributed by atoms with Gasteiger partial charge in [0.1, 0.15) is 5.75 Å². The van der Waals surface area contributed by atoms with Gasteiger partial charge in [-0.15, -0.1) is 0 Å². The smallest absolute Gasteiger partial charge is 0.119 e. The van der Waals surface area contributed by atoms with E-state index in [1.807, 2.05) is 12.1 Å². The van der Waals surface area contributed by atoms with Crippen molar-refractivity contribution in [3.63, 3.8) is 0 Å². The summed E-state index contributed by atoms with van der Waals surface area (Å²) in [7, 11) is 0. The highest BCUT2D eigenvalue weighted by Gasteiger charge is 2.10. The largest absolute Gasteiger partial charge is 0.490 e. The van der Waals surface area contributed by atoms with E-state index in [9.17, 15) is 0 Å². The molecule has 2 aromatic carbocycles. The van der Waals surface area contributed by atoms with E-state index in [1.165, 1.54) is 16.7 Å². The molecule has 3 rings (SSSR count). The standard InChI is InChI=1S/C21H28N2O/c1-17-3-9-21(10-4-17)24-18(2)15-19-5-7-20(8-6-19)16-23-13-11-22-12-14-23/h3-10,18,22H,11-16H2,1-2H3. The van der Waals surface area contributed by atoms with Crippen molar-refractivity contribution in [2.24, 2.45) is 0 Å². The van der Waals surface area contributed by atoms with E-state index in [0.717, 1.165) is 44.9 Å². The Morgan fingerprint density at radius 3 is 2.25 bits per heavy atom. The van der Waals surface area contributed by atoms with Gasteiger partial charge in [0.15, 0.2) is 0 Å². The monoisotopic (exact) mass is 324 g/mol. The molecular weight excluding hydrogens is 296 g/mol. The highest BCUT2D eigenvalue weighted by Crippen LogP contribution is 2.16. The third kappa shape index (κ3) is 5.08. The van der Waals surface area contributed by atoms with Crippen LogP contribution in [-0.2, 0) is 13.0 Å². The van der Waals surface area contributed by atoms with Crippen LogP contribution in [0, 0.1) is 6.92 Å². The molecule has 1 N–H and O–H groups in total.